The van der Waals surface area contributed by atoms with Crippen molar-refractivity contribution in [3.63, 3.8) is 0 Å². The highest BCUT2D eigenvalue weighted by Crippen LogP contribution is 2.37. The van der Waals surface area contributed by atoms with Crippen LogP contribution in [-0.2, 0) is 4.74 Å². The molecule has 0 radical (unpaired) electrons. The fourth-order valence-electron chi connectivity index (χ4n) is 4.87. The Balaban J connectivity index is 1.25. The molecule has 33 heavy (non-hydrogen) atoms. The molecule has 7 heteroatoms. The third-order valence-electron chi connectivity index (χ3n) is 6.79. The summed E-state index contributed by atoms with van der Waals surface area (Å²) in [6, 6.07) is 12.1. The monoisotopic (exact) mass is 464 g/mol. The highest BCUT2D eigenvalue weighted by Gasteiger charge is 2.48. The molecule has 0 aliphatic carbocycles. The Bertz CT molecular complexity index is 1110. The summed E-state index contributed by atoms with van der Waals surface area (Å²) in [5.41, 5.74) is 5.32. The fourth-order valence-corrected chi connectivity index (χ4v) is 5.70. The third kappa shape index (κ3) is 4.50. The van der Waals surface area contributed by atoms with Gasteiger partial charge in [0.05, 0.1) is 34.8 Å². The average Bonchev–Trinajstić information content (AvgIpc) is 3.26. The summed E-state index contributed by atoms with van der Waals surface area (Å²) in [6.07, 6.45) is 1.11. The minimum absolute atomic E-state index is 0.0770. The lowest BCUT2D eigenvalue weighted by Crippen LogP contribution is -2.65. The zero-order valence-corrected chi connectivity index (χ0v) is 20.3. The van der Waals surface area contributed by atoms with E-state index in [1.807, 2.05) is 43.0 Å². The van der Waals surface area contributed by atoms with Crippen molar-refractivity contribution in [2.24, 2.45) is 5.41 Å². The van der Waals surface area contributed by atoms with Crippen molar-refractivity contribution in [3.8, 4) is 11.3 Å². The predicted molar refractivity (Wildman–Crippen MR) is 135 cm³/mol. The number of rotatable bonds is 9. The Morgan fingerprint density at radius 1 is 1.18 bits per heavy atom. The lowest BCUT2D eigenvalue weighted by atomic mass is 9.78. The molecule has 5 rings (SSSR count). The Labute approximate surface area is 199 Å². The topological polar surface area (TPSA) is 57.7 Å². The number of pyridine rings is 1. The van der Waals surface area contributed by atoms with E-state index in [9.17, 15) is 4.79 Å². The summed E-state index contributed by atoms with van der Waals surface area (Å²) in [4.78, 5) is 21.9. The fraction of sp³-hybridized carbons (Fsp3) is 0.462. The van der Waals surface area contributed by atoms with E-state index in [1.165, 1.54) is 17.8 Å². The molecule has 2 aliphatic rings. The first-order chi connectivity index (χ1) is 16.1. The third-order valence-corrected chi connectivity index (χ3v) is 7.73. The molecule has 0 bridgehead atoms. The van der Waals surface area contributed by atoms with E-state index in [-0.39, 0.29) is 5.91 Å². The second-order valence-electron chi connectivity index (χ2n) is 9.23. The van der Waals surface area contributed by atoms with Crippen LogP contribution in [0.2, 0.25) is 0 Å². The summed E-state index contributed by atoms with van der Waals surface area (Å²) in [5.74, 6) is 0.0770. The van der Waals surface area contributed by atoms with Gasteiger partial charge in [-0.05, 0) is 56.5 Å². The number of ether oxygens (including phenoxy) is 1. The quantitative estimate of drug-likeness (QED) is 0.470. The van der Waals surface area contributed by atoms with Gasteiger partial charge in [0.25, 0.3) is 5.91 Å². The molecule has 1 amide bonds. The number of hydrogen-bond acceptors (Lipinski definition) is 6. The number of hydrogen-bond donors (Lipinski definition) is 1. The zero-order chi connectivity index (χ0) is 22.8. The number of nitrogens with one attached hydrogen (secondary N) is 1. The number of likely N-dealkylation sites (tertiary alicyclic amines) is 1. The summed E-state index contributed by atoms with van der Waals surface area (Å²) >= 11 is 1.72. The summed E-state index contributed by atoms with van der Waals surface area (Å²) in [6.45, 7) is 11.8. The number of anilines is 1. The number of nitrogens with zero attached hydrogens (tertiary/aromatic N) is 3. The molecule has 174 valence electrons. The van der Waals surface area contributed by atoms with Crippen LogP contribution < -0.4 is 5.32 Å². The van der Waals surface area contributed by atoms with E-state index < -0.39 is 0 Å². The van der Waals surface area contributed by atoms with Crippen molar-refractivity contribution in [1.82, 2.24) is 14.8 Å². The van der Waals surface area contributed by atoms with Gasteiger partial charge in [0, 0.05) is 49.3 Å². The number of thiophene rings is 1. The molecule has 1 spiro atoms. The minimum Gasteiger partial charge on any atom is -0.384 e. The van der Waals surface area contributed by atoms with Crippen LogP contribution in [-0.4, -0.2) is 73.2 Å². The maximum Gasteiger partial charge on any atom is 0.253 e. The molecule has 1 aromatic carbocycles. The van der Waals surface area contributed by atoms with Gasteiger partial charge in [-0.2, -0.15) is 0 Å². The molecule has 0 atom stereocenters. The largest absolute Gasteiger partial charge is 0.384 e. The number of carbonyl (C=O) groups is 1. The molecule has 6 nitrogen and oxygen atoms in total. The molecular formula is C26H32N4O2S. The number of fused-ring (bicyclic) bond motifs is 1. The Hall–Kier alpha value is -2.48. The van der Waals surface area contributed by atoms with Crippen molar-refractivity contribution in [2.45, 2.75) is 20.3 Å². The second kappa shape index (κ2) is 9.41. The van der Waals surface area contributed by atoms with Crippen LogP contribution in [0.1, 0.15) is 30.6 Å². The van der Waals surface area contributed by atoms with Crippen LogP contribution in [0.3, 0.4) is 0 Å². The molecule has 2 aliphatic heterocycles. The smallest absolute Gasteiger partial charge is 0.253 e. The molecule has 4 heterocycles. The molecule has 2 aromatic heterocycles. The van der Waals surface area contributed by atoms with Gasteiger partial charge in [-0.15, -0.1) is 11.3 Å². The zero-order valence-electron chi connectivity index (χ0n) is 19.5. The van der Waals surface area contributed by atoms with Crippen LogP contribution in [0.4, 0.5) is 5.69 Å². The van der Waals surface area contributed by atoms with Gasteiger partial charge < -0.3 is 19.9 Å². The van der Waals surface area contributed by atoms with Crippen LogP contribution in [0, 0.1) is 5.41 Å². The van der Waals surface area contributed by atoms with Crippen LogP contribution in [0.5, 0.6) is 0 Å². The van der Waals surface area contributed by atoms with Crippen molar-refractivity contribution in [2.75, 3.05) is 57.8 Å². The molecule has 1 N–H and O–H groups in total. The average molecular weight is 465 g/mol. The SMILES string of the molecule is CCN(CC)C(=O)c1ccc(-c2cc(NCCCN3CC4(COC4)C3)c3sccc3n2)cc1. The molecular weight excluding hydrogens is 432 g/mol. The van der Waals surface area contributed by atoms with E-state index in [4.69, 9.17) is 9.72 Å². The Kier molecular flexibility index (Phi) is 6.36. The van der Waals surface area contributed by atoms with Gasteiger partial charge in [0.2, 0.25) is 0 Å². The number of amides is 1. The van der Waals surface area contributed by atoms with Gasteiger partial charge in [-0.3, -0.25) is 4.79 Å². The summed E-state index contributed by atoms with van der Waals surface area (Å²) in [7, 11) is 0. The van der Waals surface area contributed by atoms with E-state index in [1.54, 1.807) is 11.3 Å². The van der Waals surface area contributed by atoms with Crippen molar-refractivity contribution < 1.29 is 9.53 Å². The maximum absolute atomic E-state index is 12.6. The Morgan fingerprint density at radius 3 is 2.61 bits per heavy atom. The van der Waals surface area contributed by atoms with E-state index in [0.29, 0.717) is 5.41 Å². The van der Waals surface area contributed by atoms with Crippen molar-refractivity contribution in [1.29, 1.82) is 0 Å². The number of aromatic nitrogens is 1. The summed E-state index contributed by atoms with van der Waals surface area (Å²) in [5, 5.41) is 5.75. The predicted octanol–water partition coefficient (Wildman–Crippen LogP) is 4.58. The normalized spacial score (nSPS) is 17.0. The Morgan fingerprint density at radius 2 is 1.94 bits per heavy atom. The van der Waals surface area contributed by atoms with Gasteiger partial charge >= 0.3 is 0 Å². The van der Waals surface area contributed by atoms with E-state index >= 15 is 0 Å². The van der Waals surface area contributed by atoms with Crippen LogP contribution >= 0.6 is 11.3 Å². The maximum atomic E-state index is 12.6. The highest BCUT2D eigenvalue weighted by molar-refractivity contribution is 7.17. The first kappa shape index (κ1) is 22.3. The van der Waals surface area contributed by atoms with Crippen LogP contribution in [0.25, 0.3) is 21.5 Å². The lowest BCUT2D eigenvalue weighted by molar-refractivity contribution is -0.188. The molecule has 2 fully saturated rings. The number of carbonyl (C=O) groups excluding carboxylic acids is 1. The molecule has 3 aromatic rings. The first-order valence-corrected chi connectivity index (χ1v) is 12.8. The minimum atomic E-state index is 0.0770. The first-order valence-electron chi connectivity index (χ1n) is 11.9. The lowest BCUT2D eigenvalue weighted by Gasteiger charge is -2.55. The van der Waals surface area contributed by atoms with Gasteiger partial charge in [-0.25, -0.2) is 4.98 Å². The van der Waals surface area contributed by atoms with Gasteiger partial charge in [0.15, 0.2) is 0 Å². The standard InChI is InChI=1S/C26H32N4O2S/c1-3-30(4-2)25(31)20-8-6-19(7-9-20)22-14-23(24-21(28-22)10-13-33-24)27-11-5-12-29-15-26(16-29)17-32-18-26/h6-10,13-14H,3-5,11-12,15-18H2,1-2H3,(H,27,28). The van der Waals surface area contributed by atoms with Gasteiger partial charge in [0.1, 0.15) is 0 Å². The number of benzene rings is 1. The molecule has 0 saturated carbocycles. The van der Waals surface area contributed by atoms with E-state index in [2.05, 4.69) is 27.7 Å². The van der Waals surface area contributed by atoms with Crippen molar-refractivity contribution >= 4 is 33.1 Å². The highest BCUT2D eigenvalue weighted by atomic mass is 32.1. The van der Waals surface area contributed by atoms with Gasteiger partial charge in [-0.1, -0.05) is 12.1 Å². The molecule has 0 unspecified atom stereocenters. The van der Waals surface area contributed by atoms with Crippen molar-refractivity contribution in [3.05, 3.63) is 47.3 Å². The molecule has 2 saturated heterocycles. The van der Waals surface area contributed by atoms with E-state index in [0.717, 1.165) is 73.8 Å². The van der Waals surface area contributed by atoms with Crippen LogP contribution in [0.15, 0.2) is 41.8 Å². The summed E-state index contributed by atoms with van der Waals surface area (Å²) < 4.78 is 6.56. The second-order valence-corrected chi connectivity index (χ2v) is 10.1.